The molecule has 0 saturated carbocycles. The number of rotatable bonds is 4. The van der Waals surface area contributed by atoms with E-state index in [1.165, 1.54) is 0 Å². The van der Waals surface area contributed by atoms with Crippen molar-refractivity contribution in [1.29, 1.82) is 0 Å². The van der Waals surface area contributed by atoms with E-state index in [2.05, 4.69) is 5.32 Å². The largest absolute Gasteiger partial charge is 0.496 e. The van der Waals surface area contributed by atoms with Crippen molar-refractivity contribution in [3.8, 4) is 5.75 Å². The summed E-state index contributed by atoms with van der Waals surface area (Å²) in [7, 11) is 1.59. The van der Waals surface area contributed by atoms with Crippen LogP contribution in [0.1, 0.15) is 29.8 Å². The van der Waals surface area contributed by atoms with Crippen LogP contribution in [0.2, 0.25) is 0 Å². The van der Waals surface area contributed by atoms with Crippen molar-refractivity contribution in [2.75, 3.05) is 13.7 Å². The number of methoxy groups -OCH3 is 1. The molecule has 0 aliphatic carbocycles. The summed E-state index contributed by atoms with van der Waals surface area (Å²) < 4.78 is 5.19. The van der Waals surface area contributed by atoms with Crippen molar-refractivity contribution in [3.05, 3.63) is 29.3 Å². The Morgan fingerprint density at radius 1 is 1.47 bits per heavy atom. The maximum atomic E-state index is 12.0. The lowest BCUT2D eigenvalue weighted by Gasteiger charge is -2.24. The fourth-order valence-corrected chi connectivity index (χ4v) is 1.39. The number of amides is 1. The highest BCUT2D eigenvalue weighted by Crippen LogP contribution is 2.19. The average Bonchev–Trinajstić information content (AvgIpc) is 2.29. The normalized spacial score (nSPS) is 11.1. The number of aryl methyl sites for hydroxylation is 1. The molecule has 0 radical (unpaired) electrons. The molecule has 0 fully saturated rings. The predicted molar refractivity (Wildman–Crippen MR) is 68.3 cm³/mol. The smallest absolute Gasteiger partial charge is 0.251 e. The van der Waals surface area contributed by atoms with Crippen LogP contribution in [0.25, 0.3) is 0 Å². The minimum absolute atomic E-state index is 0.140. The molecule has 1 aromatic rings. The number of ether oxygens (including phenoxy) is 1. The summed E-state index contributed by atoms with van der Waals surface area (Å²) in [6.45, 7) is 6.10. The number of nitrogens with one attached hydrogen (secondary N) is 1. The molecule has 0 bridgehead atoms. The first-order chi connectivity index (χ1) is 7.89. The third-order valence-electron chi connectivity index (χ3n) is 2.63. The van der Waals surface area contributed by atoms with E-state index >= 15 is 0 Å². The summed E-state index contributed by atoms with van der Waals surface area (Å²) >= 11 is 0. The third kappa shape index (κ3) is 3.46. The zero-order chi connectivity index (χ0) is 13.1. The minimum atomic E-state index is -0.408. The van der Waals surface area contributed by atoms with Gasteiger partial charge in [0.15, 0.2) is 0 Å². The summed E-state index contributed by atoms with van der Waals surface area (Å²) in [6, 6.07) is 5.38. The van der Waals surface area contributed by atoms with Crippen molar-refractivity contribution >= 4 is 5.91 Å². The Morgan fingerprint density at radius 2 is 2.12 bits per heavy atom. The number of benzene rings is 1. The van der Waals surface area contributed by atoms with E-state index in [4.69, 9.17) is 10.5 Å². The van der Waals surface area contributed by atoms with E-state index < -0.39 is 5.54 Å². The molecule has 0 heterocycles. The lowest BCUT2D eigenvalue weighted by Crippen LogP contribution is -2.48. The molecule has 0 spiro atoms. The van der Waals surface area contributed by atoms with Crippen molar-refractivity contribution < 1.29 is 9.53 Å². The van der Waals surface area contributed by atoms with Crippen molar-refractivity contribution in [2.45, 2.75) is 26.3 Å². The van der Waals surface area contributed by atoms with Gasteiger partial charge in [-0.2, -0.15) is 0 Å². The van der Waals surface area contributed by atoms with E-state index in [1.54, 1.807) is 19.2 Å². The molecular formula is C13H20N2O2. The van der Waals surface area contributed by atoms with E-state index in [0.717, 1.165) is 5.56 Å². The Morgan fingerprint density at radius 3 is 2.65 bits per heavy atom. The first-order valence-electron chi connectivity index (χ1n) is 5.57. The Balaban J connectivity index is 2.90. The lowest BCUT2D eigenvalue weighted by molar-refractivity contribution is 0.0915. The zero-order valence-electron chi connectivity index (χ0n) is 10.8. The molecule has 0 aliphatic rings. The Kier molecular flexibility index (Phi) is 4.12. The van der Waals surface area contributed by atoms with Gasteiger partial charge in [0.1, 0.15) is 5.75 Å². The SMILES string of the molecule is COc1cc(C(=O)NC(C)(C)CN)ccc1C. The fourth-order valence-electron chi connectivity index (χ4n) is 1.39. The number of carbonyl (C=O) groups is 1. The van der Waals surface area contributed by atoms with E-state index in [-0.39, 0.29) is 5.91 Å². The first-order valence-corrected chi connectivity index (χ1v) is 5.57. The molecule has 0 aliphatic heterocycles. The predicted octanol–water partition coefficient (Wildman–Crippen LogP) is 1.47. The number of nitrogens with two attached hydrogens (primary N) is 1. The van der Waals surface area contributed by atoms with Crippen LogP contribution in [0.15, 0.2) is 18.2 Å². The van der Waals surface area contributed by atoms with Gasteiger partial charge in [-0.3, -0.25) is 4.79 Å². The van der Waals surface area contributed by atoms with Crippen LogP contribution in [0.3, 0.4) is 0 Å². The van der Waals surface area contributed by atoms with Gasteiger partial charge in [0, 0.05) is 17.6 Å². The van der Waals surface area contributed by atoms with Crippen molar-refractivity contribution in [2.24, 2.45) is 5.73 Å². The second-order valence-electron chi connectivity index (χ2n) is 4.73. The van der Waals surface area contributed by atoms with E-state index in [0.29, 0.717) is 17.9 Å². The van der Waals surface area contributed by atoms with Gasteiger partial charge < -0.3 is 15.8 Å². The van der Waals surface area contributed by atoms with E-state index in [1.807, 2.05) is 26.8 Å². The van der Waals surface area contributed by atoms with Crippen LogP contribution < -0.4 is 15.8 Å². The Bertz CT molecular complexity index is 414. The van der Waals surface area contributed by atoms with E-state index in [9.17, 15) is 4.79 Å². The maximum Gasteiger partial charge on any atom is 0.251 e. The molecule has 94 valence electrons. The topological polar surface area (TPSA) is 64.3 Å². The highest BCUT2D eigenvalue weighted by atomic mass is 16.5. The van der Waals surface area contributed by atoms with Gasteiger partial charge in [-0.1, -0.05) is 6.07 Å². The van der Waals surface area contributed by atoms with Crippen LogP contribution in [0.4, 0.5) is 0 Å². The second kappa shape index (κ2) is 5.19. The molecule has 3 N–H and O–H groups in total. The van der Waals surface area contributed by atoms with Crippen LogP contribution in [0.5, 0.6) is 5.75 Å². The summed E-state index contributed by atoms with van der Waals surface area (Å²) in [5.74, 6) is 0.571. The molecule has 0 unspecified atom stereocenters. The fraction of sp³-hybridized carbons (Fsp3) is 0.462. The average molecular weight is 236 g/mol. The zero-order valence-corrected chi connectivity index (χ0v) is 10.8. The first kappa shape index (κ1) is 13.5. The number of hydrogen-bond donors (Lipinski definition) is 2. The summed E-state index contributed by atoms with van der Waals surface area (Å²) in [5.41, 5.74) is 6.75. The summed E-state index contributed by atoms with van der Waals surface area (Å²) in [6.07, 6.45) is 0. The van der Waals surface area contributed by atoms with Gasteiger partial charge >= 0.3 is 0 Å². The van der Waals surface area contributed by atoms with Gasteiger partial charge in [-0.15, -0.1) is 0 Å². The van der Waals surface area contributed by atoms with Crippen molar-refractivity contribution in [3.63, 3.8) is 0 Å². The van der Waals surface area contributed by atoms with Gasteiger partial charge in [0.05, 0.1) is 7.11 Å². The quantitative estimate of drug-likeness (QED) is 0.832. The molecule has 1 rings (SSSR count). The minimum Gasteiger partial charge on any atom is -0.496 e. The maximum absolute atomic E-state index is 12.0. The highest BCUT2D eigenvalue weighted by Gasteiger charge is 2.19. The molecule has 0 atom stereocenters. The molecule has 17 heavy (non-hydrogen) atoms. The van der Waals surface area contributed by atoms with Crippen LogP contribution in [0, 0.1) is 6.92 Å². The van der Waals surface area contributed by atoms with Crippen LogP contribution >= 0.6 is 0 Å². The van der Waals surface area contributed by atoms with Gasteiger partial charge in [-0.05, 0) is 38.5 Å². The molecular weight excluding hydrogens is 216 g/mol. The van der Waals surface area contributed by atoms with Gasteiger partial charge in [0.25, 0.3) is 5.91 Å². The number of carbonyl (C=O) groups excluding carboxylic acids is 1. The molecule has 4 nitrogen and oxygen atoms in total. The van der Waals surface area contributed by atoms with Gasteiger partial charge in [0.2, 0.25) is 0 Å². The number of hydrogen-bond acceptors (Lipinski definition) is 3. The molecule has 0 saturated heterocycles. The van der Waals surface area contributed by atoms with Gasteiger partial charge in [-0.25, -0.2) is 0 Å². The standard InChI is InChI=1S/C13H20N2O2/c1-9-5-6-10(7-11(9)17-4)12(16)15-13(2,3)8-14/h5-7H,8,14H2,1-4H3,(H,15,16). The molecule has 1 aromatic carbocycles. The highest BCUT2D eigenvalue weighted by molar-refractivity contribution is 5.95. The van der Waals surface area contributed by atoms with Crippen LogP contribution in [-0.2, 0) is 0 Å². The second-order valence-corrected chi connectivity index (χ2v) is 4.73. The summed E-state index contributed by atoms with van der Waals surface area (Å²) in [5, 5.41) is 2.87. The third-order valence-corrected chi connectivity index (χ3v) is 2.63. The van der Waals surface area contributed by atoms with Crippen molar-refractivity contribution in [1.82, 2.24) is 5.32 Å². The lowest BCUT2D eigenvalue weighted by atomic mass is 10.0. The Hall–Kier alpha value is -1.55. The summed E-state index contributed by atoms with van der Waals surface area (Å²) in [4.78, 5) is 12.0. The molecule has 4 heteroatoms. The van der Waals surface area contributed by atoms with Crippen LogP contribution in [-0.4, -0.2) is 25.1 Å². The monoisotopic (exact) mass is 236 g/mol. The Labute approximate surface area is 102 Å². The molecule has 0 aromatic heterocycles. The molecule has 1 amide bonds.